The zero-order chi connectivity index (χ0) is 20.4. The Kier molecular flexibility index (Phi) is 5.41. The van der Waals surface area contributed by atoms with E-state index in [1.807, 2.05) is 24.3 Å². The maximum Gasteiger partial charge on any atom is 0.244 e. The van der Waals surface area contributed by atoms with E-state index in [1.54, 1.807) is 36.7 Å². The van der Waals surface area contributed by atoms with Gasteiger partial charge in [-0.05, 0) is 60.1 Å². The van der Waals surface area contributed by atoms with E-state index < -0.39 is 9.84 Å². The van der Waals surface area contributed by atoms with E-state index in [0.717, 1.165) is 30.8 Å². The van der Waals surface area contributed by atoms with Crippen molar-refractivity contribution >= 4 is 27.5 Å². The van der Waals surface area contributed by atoms with Gasteiger partial charge in [-0.3, -0.25) is 9.78 Å². The lowest BCUT2D eigenvalue weighted by Crippen LogP contribution is -2.26. The number of hydrogen-bond acceptors (Lipinski definition) is 5. The SMILES string of the molecule is CS(=O)(=O)c1cccc(N2C[C@@H]3C(CCNC(=O)/C=C/c4cccnc4)[C@@H]3C2)c1. The van der Waals surface area contributed by atoms with Gasteiger partial charge in [-0.15, -0.1) is 0 Å². The Balaban J connectivity index is 1.21. The van der Waals surface area contributed by atoms with Crippen LogP contribution in [0.1, 0.15) is 12.0 Å². The third-order valence-electron chi connectivity index (χ3n) is 5.87. The van der Waals surface area contributed by atoms with Gasteiger partial charge in [0.2, 0.25) is 5.91 Å². The summed E-state index contributed by atoms with van der Waals surface area (Å²) in [5.74, 6) is 1.84. The van der Waals surface area contributed by atoms with Crippen LogP contribution in [-0.4, -0.2) is 45.2 Å². The van der Waals surface area contributed by atoms with Crippen LogP contribution in [0.4, 0.5) is 5.69 Å². The molecule has 1 aliphatic heterocycles. The number of anilines is 1. The average Bonchev–Trinajstić information content (AvgIpc) is 3.15. The number of carbonyl (C=O) groups is 1. The summed E-state index contributed by atoms with van der Waals surface area (Å²) in [6.45, 7) is 2.59. The minimum Gasteiger partial charge on any atom is -0.371 e. The lowest BCUT2D eigenvalue weighted by Gasteiger charge is -2.22. The highest BCUT2D eigenvalue weighted by molar-refractivity contribution is 7.90. The first-order chi connectivity index (χ1) is 13.9. The van der Waals surface area contributed by atoms with Crippen LogP contribution < -0.4 is 10.2 Å². The van der Waals surface area contributed by atoms with Crippen molar-refractivity contribution in [2.75, 3.05) is 30.8 Å². The molecular formula is C22H25N3O3S. The molecule has 1 aromatic heterocycles. The van der Waals surface area contributed by atoms with Crippen molar-refractivity contribution in [3.8, 4) is 0 Å². The van der Waals surface area contributed by atoms with E-state index in [4.69, 9.17) is 0 Å². The third kappa shape index (κ3) is 4.67. The summed E-state index contributed by atoms with van der Waals surface area (Å²) in [5, 5.41) is 2.95. The van der Waals surface area contributed by atoms with Gasteiger partial charge >= 0.3 is 0 Å². The summed E-state index contributed by atoms with van der Waals surface area (Å²) < 4.78 is 23.5. The highest BCUT2D eigenvalue weighted by Gasteiger charge is 2.54. The standard InChI is InChI=1S/C22H25N3O3S/c1-29(27,28)18-6-2-5-17(12-18)25-14-20-19(21(20)15-25)9-11-24-22(26)8-7-16-4-3-10-23-13-16/h2-8,10,12-13,19-21H,9,11,14-15H2,1H3,(H,24,26)/b8-7+/t19?,20-,21+. The van der Waals surface area contributed by atoms with Crippen LogP contribution in [-0.2, 0) is 14.6 Å². The predicted molar refractivity (Wildman–Crippen MR) is 113 cm³/mol. The summed E-state index contributed by atoms with van der Waals surface area (Å²) in [6, 6.07) is 10.9. The first kappa shape index (κ1) is 19.6. The minimum atomic E-state index is -3.19. The molecule has 6 nitrogen and oxygen atoms in total. The molecule has 2 heterocycles. The lowest BCUT2D eigenvalue weighted by molar-refractivity contribution is -0.116. The number of fused-ring (bicyclic) bond motifs is 1. The number of hydrogen-bond donors (Lipinski definition) is 1. The lowest BCUT2D eigenvalue weighted by atomic mass is 10.2. The fourth-order valence-corrected chi connectivity index (χ4v) is 4.93. The van der Waals surface area contributed by atoms with Crippen molar-refractivity contribution in [1.29, 1.82) is 0 Å². The highest BCUT2D eigenvalue weighted by atomic mass is 32.2. The molecule has 0 spiro atoms. The molecular weight excluding hydrogens is 386 g/mol. The zero-order valence-electron chi connectivity index (χ0n) is 16.4. The van der Waals surface area contributed by atoms with Gasteiger partial charge in [-0.2, -0.15) is 0 Å². The van der Waals surface area contributed by atoms with Gasteiger partial charge < -0.3 is 10.2 Å². The third-order valence-corrected chi connectivity index (χ3v) is 6.98. The summed E-state index contributed by atoms with van der Waals surface area (Å²) in [6.07, 6.45) is 8.95. The fourth-order valence-electron chi connectivity index (χ4n) is 4.27. The van der Waals surface area contributed by atoms with Gasteiger partial charge in [0, 0.05) is 50.0 Å². The Bertz CT molecular complexity index is 1010. The normalized spacial score (nSPS) is 23.2. The first-order valence-electron chi connectivity index (χ1n) is 9.83. The summed E-state index contributed by atoms with van der Waals surface area (Å²) in [7, 11) is -3.19. The molecule has 2 aromatic rings. The molecule has 3 atom stereocenters. The molecule has 1 aliphatic carbocycles. The Hall–Kier alpha value is -2.67. The average molecular weight is 412 g/mol. The molecule has 29 heavy (non-hydrogen) atoms. The van der Waals surface area contributed by atoms with Gasteiger partial charge in [-0.1, -0.05) is 12.1 Å². The largest absolute Gasteiger partial charge is 0.371 e. The van der Waals surface area contributed by atoms with Crippen molar-refractivity contribution in [1.82, 2.24) is 10.3 Å². The summed E-state index contributed by atoms with van der Waals surface area (Å²) in [5.41, 5.74) is 1.88. The van der Waals surface area contributed by atoms with E-state index >= 15 is 0 Å². The van der Waals surface area contributed by atoms with Crippen molar-refractivity contribution in [2.24, 2.45) is 17.8 Å². The predicted octanol–water partition coefficient (Wildman–Crippen LogP) is 2.39. The van der Waals surface area contributed by atoms with Crippen LogP contribution in [0.2, 0.25) is 0 Å². The first-order valence-corrected chi connectivity index (χ1v) is 11.7. The Labute approximate surface area is 171 Å². The number of piperidine rings is 1. The number of nitrogens with zero attached hydrogens (tertiary/aromatic N) is 2. The smallest absolute Gasteiger partial charge is 0.244 e. The van der Waals surface area contributed by atoms with E-state index in [-0.39, 0.29) is 5.91 Å². The number of pyridine rings is 1. The Morgan fingerprint density at radius 2 is 2.03 bits per heavy atom. The van der Waals surface area contributed by atoms with Gasteiger partial charge in [0.05, 0.1) is 4.90 Å². The fraction of sp³-hybridized carbons (Fsp3) is 0.364. The molecule has 152 valence electrons. The second-order valence-corrected chi connectivity index (χ2v) is 9.88. The van der Waals surface area contributed by atoms with Gasteiger partial charge in [0.1, 0.15) is 0 Å². The molecule has 7 heteroatoms. The van der Waals surface area contributed by atoms with E-state index in [1.165, 1.54) is 6.26 Å². The second kappa shape index (κ2) is 7.99. The highest BCUT2D eigenvalue weighted by Crippen LogP contribution is 2.54. The number of aromatic nitrogens is 1. The topological polar surface area (TPSA) is 79.4 Å². The van der Waals surface area contributed by atoms with Gasteiger partial charge in [0.25, 0.3) is 0 Å². The molecule has 1 saturated heterocycles. The molecule has 1 N–H and O–H groups in total. The molecule has 1 amide bonds. The molecule has 1 saturated carbocycles. The molecule has 0 bridgehead atoms. The molecule has 2 aliphatic rings. The van der Waals surface area contributed by atoms with E-state index in [0.29, 0.717) is 29.2 Å². The summed E-state index contributed by atoms with van der Waals surface area (Å²) >= 11 is 0. The number of sulfone groups is 1. The number of rotatable bonds is 7. The van der Waals surface area contributed by atoms with Crippen molar-refractivity contribution in [3.05, 3.63) is 60.4 Å². The Morgan fingerprint density at radius 1 is 1.24 bits per heavy atom. The number of nitrogens with one attached hydrogen (secondary N) is 1. The van der Waals surface area contributed by atoms with E-state index in [2.05, 4.69) is 15.2 Å². The van der Waals surface area contributed by atoms with Crippen molar-refractivity contribution in [3.63, 3.8) is 0 Å². The Morgan fingerprint density at radius 3 is 2.72 bits per heavy atom. The van der Waals surface area contributed by atoms with Crippen molar-refractivity contribution in [2.45, 2.75) is 11.3 Å². The van der Waals surface area contributed by atoms with Crippen LogP contribution in [0.15, 0.2) is 59.8 Å². The van der Waals surface area contributed by atoms with Crippen LogP contribution in [0.5, 0.6) is 0 Å². The molecule has 4 rings (SSSR count). The van der Waals surface area contributed by atoms with Crippen molar-refractivity contribution < 1.29 is 13.2 Å². The second-order valence-electron chi connectivity index (χ2n) is 7.87. The molecule has 1 aromatic carbocycles. The zero-order valence-corrected chi connectivity index (χ0v) is 17.2. The molecule has 1 unspecified atom stereocenters. The maximum atomic E-state index is 11.9. The number of amides is 1. The van der Waals surface area contributed by atoms with Crippen LogP contribution in [0.3, 0.4) is 0 Å². The minimum absolute atomic E-state index is 0.0844. The summed E-state index contributed by atoms with van der Waals surface area (Å²) in [4.78, 5) is 18.6. The molecule has 0 radical (unpaired) electrons. The monoisotopic (exact) mass is 411 g/mol. The number of carbonyl (C=O) groups excluding carboxylic acids is 1. The van der Waals surface area contributed by atoms with Crippen LogP contribution in [0.25, 0.3) is 6.08 Å². The molecule has 2 fully saturated rings. The maximum absolute atomic E-state index is 11.9. The number of benzene rings is 1. The van der Waals surface area contributed by atoms with Crippen LogP contribution in [0, 0.1) is 17.8 Å². The van der Waals surface area contributed by atoms with Crippen LogP contribution >= 0.6 is 0 Å². The quantitative estimate of drug-likeness (QED) is 0.708. The van der Waals surface area contributed by atoms with E-state index in [9.17, 15) is 13.2 Å². The van der Waals surface area contributed by atoms with Gasteiger partial charge in [0.15, 0.2) is 9.84 Å². The van der Waals surface area contributed by atoms with Gasteiger partial charge in [-0.25, -0.2) is 8.42 Å².